The molecule has 12 nitrogen and oxygen atoms in total. The van der Waals surface area contributed by atoms with Gasteiger partial charge in [-0.05, 0) is 66.7 Å². The number of benzene rings is 5. The monoisotopic (exact) mass is 608 g/mol. The highest BCUT2D eigenvalue weighted by atomic mass is 16.6. The topological polar surface area (TPSA) is 162 Å². The Labute approximate surface area is 255 Å². The third-order valence-electron chi connectivity index (χ3n) is 8.65. The lowest BCUT2D eigenvalue weighted by Gasteiger charge is -2.31. The minimum Gasteiger partial charge on any atom is -0.386 e. The number of carbonyl (C=O) groups excluding carboxylic acids is 8. The summed E-state index contributed by atoms with van der Waals surface area (Å²) < 4.78 is 9.57. The minimum absolute atomic E-state index is 0.0482. The number of esters is 4. The first kappa shape index (κ1) is 25.7. The molecule has 4 aliphatic heterocycles. The Morgan fingerprint density at radius 1 is 0.348 bits per heavy atom. The van der Waals surface area contributed by atoms with Crippen LogP contribution in [0.15, 0.2) is 72.8 Å². The average Bonchev–Trinajstić information content (AvgIpc) is 3.04. The molecule has 0 aliphatic carbocycles. The van der Waals surface area contributed by atoms with E-state index in [0.717, 1.165) is 9.80 Å². The molecular weight excluding hydrogens is 596 g/mol. The molecule has 0 N–H and O–H groups in total. The van der Waals surface area contributed by atoms with Gasteiger partial charge in [0.25, 0.3) is 23.6 Å². The van der Waals surface area contributed by atoms with E-state index in [0.29, 0.717) is 0 Å². The van der Waals surface area contributed by atoms with Gasteiger partial charge in [0.2, 0.25) is 0 Å². The molecule has 4 aliphatic rings. The van der Waals surface area contributed by atoms with Gasteiger partial charge in [0.1, 0.15) is 0 Å². The molecule has 0 unspecified atom stereocenters. The maximum absolute atomic E-state index is 13.9. The van der Waals surface area contributed by atoms with Gasteiger partial charge in [-0.15, -0.1) is 0 Å². The summed E-state index contributed by atoms with van der Waals surface area (Å²) in [5.74, 6) is -6.55. The van der Waals surface area contributed by atoms with Crippen LogP contribution in [0.4, 0.5) is 11.4 Å². The normalized spacial score (nSPS) is 16.4. The Morgan fingerprint density at radius 2 is 0.609 bits per heavy atom. The van der Waals surface area contributed by atoms with E-state index in [1.54, 1.807) is 0 Å². The fourth-order valence-corrected chi connectivity index (χ4v) is 6.68. The lowest BCUT2D eigenvalue weighted by atomic mass is 9.87. The van der Waals surface area contributed by atoms with Crippen LogP contribution in [-0.4, -0.2) is 47.5 Å². The van der Waals surface area contributed by atoms with Crippen molar-refractivity contribution in [2.75, 3.05) is 9.80 Å². The van der Waals surface area contributed by atoms with Crippen LogP contribution in [0.1, 0.15) is 82.9 Å². The van der Waals surface area contributed by atoms with Crippen molar-refractivity contribution in [2.45, 2.75) is 0 Å². The molecule has 0 fully saturated rings. The number of imide groups is 2. The number of anilines is 2. The van der Waals surface area contributed by atoms with Gasteiger partial charge in [0, 0.05) is 43.8 Å². The second-order valence-electron chi connectivity index (χ2n) is 10.9. The first-order chi connectivity index (χ1) is 22.2. The zero-order valence-electron chi connectivity index (χ0n) is 22.9. The summed E-state index contributed by atoms with van der Waals surface area (Å²) in [5, 5.41) is 0.625. The van der Waals surface area contributed by atoms with E-state index in [9.17, 15) is 38.4 Å². The third-order valence-corrected chi connectivity index (χ3v) is 8.65. The van der Waals surface area contributed by atoms with Crippen molar-refractivity contribution >= 4 is 80.4 Å². The van der Waals surface area contributed by atoms with Crippen molar-refractivity contribution in [3.63, 3.8) is 0 Å². The summed E-state index contributed by atoms with van der Waals surface area (Å²) in [4.78, 5) is 107. The number of cyclic esters (lactones) is 4. The largest absolute Gasteiger partial charge is 0.386 e. The van der Waals surface area contributed by atoms with Crippen molar-refractivity contribution < 1.29 is 47.8 Å². The quantitative estimate of drug-likeness (QED) is 0.161. The molecule has 4 amide bonds. The Balaban J connectivity index is 1.16. The first-order valence-corrected chi connectivity index (χ1v) is 13.8. The molecule has 0 bridgehead atoms. The number of ether oxygens (including phenoxy) is 2. The second-order valence-corrected chi connectivity index (χ2v) is 10.9. The standard InChI is InChI=1S/C34H12N2O10/c37-27-15-4-8-19-25-20(32(42)45-31(19)41)9-5-16(23(15)25)28(38)35(27)13-2-1-3-14(12-13)36-29(39)17-6-10-21-26-22(34(44)46-33(21)43)11-7-18(24(17)26)30(36)40/h1-12H. The molecule has 12 heteroatoms. The van der Waals surface area contributed by atoms with Gasteiger partial charge in [-0.25, -0.2) is 29.0 Å². The minimum atomic E-state index is -0.888. The Bertz CT molecular complexity index is 2190. The van der Waals surface area contributed by atoms with E-state index in [1.165, 1.54) is 72.8 Å². The van der Waals surface area contributed by atoms with Crippen molar-refractivity contribution in [3.8, 4) is 0 Å². The number of carbonyl (C=O) groups is 8. The lowest BCUT2D eigenvalue weighted by Crippen LogP contribution is -2.42. The van der Waals surface area contributed by atoms with Crippen LogP contribution in [0.2, 0.25) is 0 Å². The van der Waals surface area contributed by atoms with Crippen molar-refractivity contribution in [1.29, 1.82) is 0 Å². The maximum atomic E-state index is 13.9. The second kappa shape index (κ2) is 8.42. The van der Waals surface area contributed by atoms with E-state index in [-0.39, 0.29) is 77.4 Å². The summed E-state index contributed by atoms with van der Waals surface area (Å²) in [7, 11) is 0. The molecule has 5 aromatic rings. The highest BCUT2D eigenvalue weighted by Crippen LogP contribution is 2.41. The predicted molar refractivity (Wildman–Crippen MR) is 156 cm³/mol. The number of rotatable bonds is 2. The summed E-state index contributed by atoms with van der Waals surface area (Å²) in [6.45, 7) is 0. The zero-order valence-corrected chi connectivity index (χ0v) is 22.9. The molecule has 218 valence electrons. The number of amides is 4. The van der Waals surface area contributed by atoms with Gasteiger partial charge in [0.05, 0.1) is 33.6 Å². The molecular formula is C34H12N2O10. The van der Waals surface area contributed by atoms with Crippen LogP contribution in [0.25, 0.3) is 21.5 Å². The van der Waals surface area contributed by atoms with Crippen molar-refractivity contribution in [1.82, 2.24) is 0 Å². The Kier molecular flexibility index (Phi) is 4.70. The van der Waals surface area contributed by atoms with Gasteiger partial charge >= 0.3 is 23.9 Å². The van der Waals surface area contributed by atoms with Gasteiger partial charge in [-0.3, -0.25) is 19.2 Å². The summed E-state index contributed by atoms with van der Waals surface area (Å²) >= 11 is 0. The maximum Gasteiger partial charge on any atom is 0.346 e. The van der Waals surface area contributed by atoms with Crippen LogP contribution in [0.5, 0.6) is 0 Å². The van der Waals surface area contributed by atoms with Gasteiger partial charge in [0.15, 0.2) is 0 Å². The van der Waals surface area contributed by atoms with Crippen LogP contribution in [0.3, 0.4) is 0 Å². The number of hydrogen-bond donors (Lipinski definition) is 0. The van der Waals surface area contributed by atoms with E-state index < -0.39 is 47.5 Å². The first-order valence-electron chi connectivity index (χ1n) is 13.8. The van der Waals surface area contributed by atoms with Crippen LogP contribution in [0, 0.1) is 0 Å². The molecule has 5 aromatic carbocycles. The van der Waals surface area contributed by atoms with Crippen LogP contribution < -0.4 is 9.80 Å². The van der Waals surface area contributed by atoms with E-state index in [1.807, 2.05) is 0 Å². The SMILES string of the molecule is O=C1OC(=O)c2ccc3c4c(ccc1c24)C(=O)N(c1cccc(N2C(=O)c4ccc5c6c(ccc(c46)C2=O)C(=O)OC5=O)c1)C3=O. The molecule has 46 heavy (non-hydrogen) atoms. The molecule has 4 heterocycles. The van der Waals surface area contributed by atoms with Crippen molar-refractivity contribution in [2.24, 2.45) is 0 Å². The molecule has 0 radical (unpaired) electrons. The van der Waals surface area contributed by atoms with Crippen molar-refractivity contribution in [3.05, 3.63) is 117 Å². The van der Waals surface area contributed by atoms with Crippen LogP contribution in [-0.2, 0) is 9.47 Å². The fraction of sp³-hybridized carbons (Fsp3) is 0. The van der Waals surface area contributed by atoms with E-state index >= 15 is 0 Å². The highest BCUT2D eigenvalue weighted by Gasteiger charge is 2.41. The van der Waals surface area contributed by atoms with Gasteiger partial charge in [-0.1, -0.05) is 6.07 Å². The van der Waals surface area contributed by atoms with Gasteiger partial charge in [-0.2, -0.15) is 0 Å². The Hall–Kier alpha value is -6.82. The molecule has 0 saturated heterocycles. The number of hydrogen-bond acceptors (Lipinski definition) is 10. The summed E-state index contributed by atoms with van der Waals surface area (Å²) in [6.07, 6.45) is 0. The van der Waals surface area contributed by atoms with Gasteiger partial charge < -0.3 is 9.47 Å². The molecule has 0 aromatic heterocycles. The molecule has 0 saturated carbocycles. The highest BCUT2D eigenvalue weighted by molar-refractivity contribution is 6.40. The fourth-order valence-electron chi connectivity index (χ4n) is 6.68. The predicted octanol–water partition coefficient (Wildman–Crippen LogP) is 4.22. The van der Waals surface area contributed by atoms with E-state index in [2.05, 4.69) is 0 Å². The molecule has 9 rings (SSSR count). The Morgan fingerprint density at radius 3 is 0.913 bits per heavy atom. The molecule has 0 atom stereocenters. The van der Waals surface area contributed by atoms with E-state index in [4.69, 9.17) is 9.47 Å². The lowest BCUT2D eigenvalue weighted by molar-refractivity contribution is 0.0373. The third kappa shape index (κ3) is 3.01. The smallest absolute Gasteiger partial charge is 0.346 e. The summed E-state index contributed by atoms with van der Waals surface area (Å²) in [6, 6.07) is 16.7. The average molecular weight is 608 g/mol. The molecule has 0 spiro atoms. The summed E-state index contributed by atoms with van der Waals surface area (Å²) in [5.41, 5.74) is 0.560. The number of nitrogens with zero attached hydrogens (tertiary/aromatic N) is 2. The van der Waals surface area contributed by atoms with Crippen LogP contribution >= 0.6 is 0 Å². The zero-order chi connectivity index (χ0) is 31.8.